The summed E-state index contributed by atoms with van der Waals surface area (Å²) in [5.74, 6) is 0.449. The second kappa shape index (κ2) is 10.7. The lowest BCUT2D eigenvalue weighted by atomic mass is 10.1. The molecule has 2 aromatic carbocycles. The van der Waals surface area contributed by atoms with Crippen molar-refractivity contribution in [3.05, 3.63) is 52.5 Å². The summed E-state index contributed by atoms with van der Waals surface area (Å²) < 4.78 is 10.9. The largest absolute Gasteiger partial charge is 0.493 e. The molecule has 2 amide bonds. The Labute approximate surface area is 176 Å². The van der Waals surface area contributed by atoms with Crippen molar-refractivity contribution >= 4 is 29.1 Å². The van der Waals surface area contributed by atoms with E-state index in [-0.39, 0.29) is 11.8 Å². The van der Waals surface area contributed by atoms with Crippen molar-refractivity contribution in [2.75, 3.05) is 32.1 Å². The molecule has 0 saturated carbocycles. The van der Waals surface area contributed by atoms with Crippen LogP contribution in [0.15, 0.2) is 36.4 Å². The lowest BCUT2D eigenvalue weighted by Gasteiger charge is -2.18. The number of carbonyl (C=O) groups is 2. The molecule has 2 aromatic rings. The second-order valence-electron chi connectivity index (χ2n) is 6.35. The third-order valence-electron chi connectivity index (χ3n) is 4.38. The number of benzene rings is 2. The standard InChI is InChI=1S/C22H27ClN2O4/c1-5-12-29-20-18(23)13-16(14-19(20)28-4)21(26)24-17-10-8-15(9-11-17)22(27)25(6-2)7-3/h8-11,13-14H,5-7,12H2,1-4H3,(H,24,26). The molecular formula is C22H27ClN2O4. The Morgan fingerprint density at radius 1 is 1.03 bits per heavy atom. The molecule has 0 aliphatic carbocycles. The minimum atomic E-state index is -0.338. The Bertz CT molecular complexity index is 849. The lowest BCUT2D eigenvalue weighted by Crippen LogP contribution is -2.30. The van der Waals surface area contributed by atoms with Gasteiger partial charge in [0.25, 0.3) is 11.8 Å². The van der Waals surface area contributed by atoms with Gasteiger partial charge >= 0.3 is 0 Å². The van der Waals surface area contributed by atoms with Crippen LogP contribution in [-0.4, -0.2) is 43.5 Å². The van der Waals surface area contributed by atoms with Gasteiger partial charge in [-0.3, -0.25) is 9.59 Å². The minimum Gasteiger partial charge on any atom is -0.493 e. The number of ether oxygens (including phenoxy) is 2. The molecule has 0 heterocycles. The lowest BCUT2D eigenvalue weighted by molar-refractivity contribution is 0.0773. The summed E-state index contributed by atoms with van der Waals surface area (Å²) in [6.45, 7) is 7.66. The van der Waals surface area contributed by atoms with Gasteiger partial charge in [0.2, 0.25) is 0 Å². The van der Waals surface area contributed by atoms with Crippen molar-refractivity contribution in [1.29, 1.82) is 0 Å². The topological polar surface area (TPSA) is 67.9 Å². The molecule has 0 bridgehead atoms. The SMILES string of the molecule is CCCOc1c(Cl)cc(C(=O)Nc2ccc(C(=O)N(CC)CC)cc2)cc1OC. The average molecular weight is 419 g/mol. The van der Waals surface area contributed by atoms with Gasteiger partial charge in [-0.05, 0) is 56.7 Å². The molecule has 2 rings (SSSR count). The van der Waals surface area contributed by atoms with Crippen LogP contribution < -0.4 is 14.8 Å². The van der Waals surface area contributed by atoms with Gasteiger partial charge in [0.15, 0.2) is 11.5 Å². The number of halogens is 1. The Morgan fingerprint density at radius 3 is 2.24 bits per heavy atom. The molecule has 6 nitrogen and oxygen atoms in total. The van der Waals surface area contributed by atoms with E-state index in [2.05, 4.69) is 5.32 Å². The fourth-order valence-corrected chi connectivity index (χ4v) is 3.05. The van der Waals surface area contributed by atoms with Gasteiger partial charge in [0.1, 0.15) is 0 Å². The predicted molar refractivity (Wildman–Crippen MR) is 115 cm³/mol. The van der Waals surface area contributed by atoms with Crippen molar-refractivity contribution < 1.29 is 19.1 Å². The molecule has 0 radical (unpaired) electrons. The molecular weight excluding hydrogens is 392 g/mol. The summed E-state index contributed by atoms with van der Waals surface area (Å²) >= 11 is 6.28. The Balaban J connectivity index is 2.16. The van der Waals surface area contributed by atoms with Gasteiger partial charge in [0, 0.05) is 29.9 Å². The molecule has 7 heteroatoms. The van der Waals surface area contributed by atoms with Crippen LogP contribution in [0.4, 0.5) is 5.69 Å². The van der Waals surface area contributed by atoms with E-state index in [1.54, 1.807) is 41.3 Å². The number of nitrogens with zero attached hydrogens (tertiary/aromatic N) is 1. The summed E-state index contributed by atoms with van der Waals surface area (Å²) in [6.07, 6.45) is 0.828. The average Bonchev–Trinajstić information content (AvgIpc) is 2.73. The zero-order valence-corrected chi connectivity index (χ0v) is 18.0. The highest BCUT2D eigenvalue weighted by molar-refractivity contribution is 6.32. The van der Waals surface area contributed by atoms with Crippen molar-refractivity contribution in [2.24, 2.45) is 0 Å². The molecule has 29 heavy (non-hydrogen) atoms. The molecule has 0 unspecified atom stereocenters. The monoisotopic (exact) mass is 418 g/mol. The number of carbonyl (C=O) groups excluding carboxylic acids is 2. The highest BCUT2D eigenvalue weighted by Crippen LogP contribution is 2.36. The minimum absolute atomic E-state index is 0.0351. The zero-order valence-electron chi connectivity index (χ0n) is 17.3. The van der Waals surface area contributed by atoms with E-state index in [1.165, 1.54) is 7.11 Å². The normalized spacial score (nSPS) is 10.4. The van der Waals surface area contributed by atoms with Crippen LogP contribution >= 0.6 is 11.6 Å². The van der Waals surface area contributed by atoms with Gasteiger partial charge in [-0.1, -0.05) is 18.5 Å². The van der Waals surface area contributed by atoms with Crippen molar-refractivity contribution in [3.8, 4) is 11.5 Å². The van der Waals surface area contributed by atoms with E-state index in [4.69, 9.17) is 21.1 Å². The zero-order chi connectivity index (χ0) is 21.4. The number of rotatable bonds is 9. The molecule has 156 valence electrons. The molecule has 0 spiro atoms. The quantitative estimate of drug-likeness (QED) is 0.630. The van der Waals surface area contributed by atoms with Crippen LogP contribution in [0, 0.1) is 0 Å². The molecule has 0 atom stereocenters. The number of nitrogens with one attached hydrogen (secondary N) is 1. The number of methoxy groups -OCH3 is 1. The van der Waals surface area contributed by atoms with E-state index in [9.17, 15) is 9.59 Å². The molecule has 1 N–H and O–H groups in total. The van der Waals surface area contributed by atoms with Crippen LogP contribution in [0.25, 0.3) is 0 Å². The summed E-state index contributed by atoms with van der Waals surface area (Å²) in [6, 6.07) is 9.93. The van der Waals surface area contributed by atoms with Gasteiger partial charge in [0.05, 0.1) is 18.7 Å². The highest BCUT2D eigenvalue weighted by Gasteiger charge is 2.17. The van der Waals surface area contributed by atoms with Gasteiger partial charge in [-0.2, -0.15) is 0 Å². The fraction of sp³-hybridized carbons (Fsp3) is 0.364. The third-order valence-corrected chi connectivity index (χ3v) is 4.66. The fourth-order valence-electron chi connectivity index (χ4n) is 2.79. The second-order valence-corrected chi connectivity index (χ2v) is 6.75. The maximum Gasteiger partial charge on any atom is 0.255 e. The predicted octanol–water partition coefficient (Wildman–Crippen LogP) is 4.87. The van der Waals surface area contributed by atoms with Gasteiger partial charge < -0.3 is 19.7 Å². The highest BCUT2D eigenvalue weighted by atomic mass is 35.5. The summed E-state index contributed by atoms with van der Waals surface area (Å²) in [4.78, 5) is 26.8. The first-order valence-corrected chi connectivity index (χ1v) is 10.0. The summed E-state index contributed by atoms with van der Waals surface area (Å²) in [5, 5.41) is 3.11. The van der Waals surface area contributed by atoms with Crippen LogP contribution in [-0.2, 0) is 0 Å². The summed E-state index contributed by atoms with van der Waals surface area (Å²) in [5.41, 5.74) is 1.50. The number of hydrogen-bond donors (Lipinski definition) is 1. The first-order valence-electron chi connectivity index (χ1n) is 9.66. The van der Waals surface area contributed by atoms with E-state index in [1.807, 2.05) is 20.8 Å². The van der Waals surface area contributed by atoms with E-state index in [0.29, 0.717) is 53.0 Å². The smallest absolute Gasteiger partial charge is 0.255 e. The molecule has 0 saturated heterocycles. The Kier molecular flexibility index (Phi) is 8.34. The van der Waals surface area contributed by atoms with E-state index >= 15 is 0 Å². The number of amides is 2. The van der Waals surface area contributed by atoms with Gasteiger partial charge in [-0.25, -0.2) is 0 Å². The van der Waals surface area contributed by atoms with Crippen LogP contribution in [0.1, 0.15) is 47.9 Å². The summed E-state index contributed by atoms with van der Waals surface area (Å²) in [7, 11) is 1.50. The van der Waals surface area contributed by atoms with E-state index in [0.717, 1.165) is 6.42 Å². The maximum absolute atomic E-state index is 12.6. The van der Waals surface area contributed by atoms with Crippen LogP contribution in [0.5, 0.6) is 11.5 Å². The van der Waals surface area contributed by atoms with Crippen molar-refractivity contribution in [1.82, 2.24) is 4.90 Å². The van der Waals surface area contributed by atoms with Crippen molar-refractivity contribution in [3.63, 3.8) is 0 Å². The van der Waals surface area contributed by atoms with E-state index < -0.39 is 0 Å². The molecule has 0 fully saturated rings. The Morgan fingerprint density at radius 2 is 1.69 bits per heavy atom. The number of anilines is 1. The van der Waals surface area contributed by atoms with Crippen molar-refractivity contribution in [2.45, 2.75) is 27.2 Å². The first kappa shape index (κ1) is 22.6. The first-order chi connectivity index (χ1) is 13.9. The Hall–Kier alpha value is -2.73. The van der Waals surface area contributed by atoms with Crippen LogP contribution in [0.2, 0.25) is 5.02 Å². The molecule has 0 aromatic heterocycles. The molecule has 0 aliphatic heterocycles. The van der Waals surface area contributed by atoms with Gasteiger partial charge in [-0.15, -0.1) is 0 Å². The number of hydrogen-bond acceptors (Lipinski definition) is 4. The van der Waals surface area contributed by atoms with Crippen LogP contribution in [0.3, 0.4) is 0 Å². The molecule has 0 aliphatic rings. The third kappa shape index (κ3) is 5.64. The maximum atomic E-state index is 12.6.